The van der Waals surface area contributed by atoms with E-state index in [1.165, 1.54) is 16.8 Å². The van der Waals surface area contributed by atoms with E-state index in [1.54, 1.807) is 0 Å². The van der Waals surface area contributed by atoms with Crippen molar-refractivity contribution in [2.45, 2.75) is 72.6 Å². The van der Waals surface area contributed by atoms with Gasteiger partial charge < -0.3 is 9.64 Å². The first kappa shape index (κ1) is 17.8. The molecule has 1 unspecified atom stereocenters. The van der Waals surface area contributed by atoms with E-state index in [0.29, 0.717) is 17.9 Å². The van der Waals surface area contributed by atoms with E-state index >= 15 is 0 Å². The first-order chi connectivity index (χ1) is 11.2. The highest BCUT2D eigenvalue weighted by Crippen LogP contribution is 2.41. The average molecular weight is 331 g/mol. The molecule has 3 heteroatoms. The van der Waals surface area contributed by atoms with Crippen molar-refractivity contribution in [2.24, 2.45) is 5.41 Å². The van der Waals surface area contributed by atoms with Crippen LogP contribution in [0.1, 0.15) is 71.4 Å². The molecule has 1 aromatic carbocycles. The van der Waals surface area contributed by atoms with Crippen LogP contribution in [0.2, 0.25) is 0 Å². The molecule has 2 heterocycles. The maximum Gasteiger partial charge on any atom is 0.130 e. The van der Waals surface area contributed by atoms with Gasteiger partial charge in [0.15, 0.2) is 0 Å². The van der Waals surface area contributed by atoms with Crippen molar-refractivity contribution in [1.29, 1.82) is 0 Å². The topological polar surface area (TPSA) is 15.7 Å². The fourth-order valence-electron chi connectivity index (χ4n) is 4.17. The molecule has 2 fully saturated rings. The molecule has 3 rings (SSSR count). The Morgan fingerprint density at radius 3 is 2.12 bits per heavy atom. The van der Waals surface area contributed by atoms with Gasteiger partial charge in [0.2, 0.25) is 0 Å². The highest BCUT2D eigenvalue weighted by molar-refractivity contribution is 5.62. The highest BCUT2D eigenvalue weighted by Gasteiger charge is 2.46. The molecular weight excluding hydrogens is 296 g/mol. The predicted octanol–water partition coefficient (Wildman–Crippen LogP) is 4.78. The minimum absolute atomic E-state index is 0.245. The van der Waals surface area contributed by atoms with Gasteiger partial charge in [-0.15, -0.1) is 0 Å². The molecule has 3 nitrogen and oxygen atoms in total. The molecule has 1 aromatic rings. The van der Waals surface area contributed by atoms with E-state index in [4.69, 9.17) is 4.74 Å². The van der Waals surface area contributed by atoms with Crippen molar-refractivity contribution in [3.05, 3.63) is 29.3 Å². The number of benzene rings is 1. The minimum Gasteiger partial charge on any atom is -0.360 e. The molecule has 134 valence electrons. The van der Waals surface area contributed by atoms with Crippen LogP contribution >= 0.6 is 0 Å². The summed E-state index contributed by atoms with van der Waals surface area (Å²) in [6.45, 7) is 19.0. The Balaban J connectivity index is 1.94. The SMILES string of the molecule is CC(C)c1cccc(C(C)C)c1N1CC2OC[C@H](C(C)(C)C)N2C1. The maximum atomic E-state index is 6.15. The Hall–Kier alpha value is -1.06. The van der Waals surface area contributed by atoms with E-state index in [2.05, 4.69) is 76.5 Å². The Morgan fingerprint density at radius 2 is 1.62 bits per heavy atom. The van der Waals surface area contributed by atoms with Crippen molar-refractivity contribution in [2.75, 3.05) is 24.7 Å². The number of hydrogen-bond acceptors (Lipinski definition) is 3. The second-order valence-electron chi connectivity index (χ2n) is 9.14. The third-order valence-corrected chi connectivity index (χ3v) is 5.59. The van der Waals surface area contributed by atoms with Crippen LogP contribution in [-0.2, 0) is 4.74 Å². The second-order valence-corrected chi connectivity index (χ2v) is 9.14. The minimum atomic E-state index is 0.245. The van der Waals surface area contributed by atoms with Crippen LogP contribution in [0.4, 0.5) is 5.69 Å². The van der Waals surface area contributed by atoms with Crippen molar-refractivity contribution in [1.82, 2.24) is 4.90 Å². The number of rotatable bonds is 3. The third-order valence-electron chi connectivity index (χ3n) is 5.59. The number of nitrogens with zero attached hydrogens (tertiary/aromatic N) is 2. The molecule has 0 bridgehead atoms. The molecule has 0 saturated carbocycles. The normalized spacial score (nSPS) is 25.1. The lowest BCUT2D eigenvalue weighted by atomic mass is 9.87. The molecule has 0 aromatic heterocycles. The van der Waals surface area contributed by atoms with Crippen molar-refractivity contribution >= 4 is 5.69 Å². The van der Waals surface area contributed by atoms with Gasteiger partial charge >= 0.3 is 0 Å². The first-order valence-corrected chi connectivity index (χ1v) is 9.45. The van der Waals surface area contributed by atoms with Gasteiger partial charge in [-0.25, -0.2) is 0 Å². The highest BCUT2D eigenvalue weighted by atomic mass is 16.5. The number of ether oxygens (including phenoxy) is 1. The van der Waals surface area contributed by atoms with Gasteiger partial charge in [0, 0.05) is 11.7 Å². The number of anilines is 1. The molecule has 2 saturated heterocycles. The van der Waals surface area contributed by atoms with Crippen LogP contribution in [0.15, 0.2) is 18.2 Å². The number of fused-ring (bicyclic) bond motifs is 1. The fraction of sp³-hybridized carbons (Fsp3) is 0.714. The lowest BCUT2D eigenvalue weighted by molar-refractivity contribution is 0.0652. The van der Waals surface area contributed by atoms with Crippen LogP contribution in [0.25, 0.3) is 0 Å². The number of para-hydroxylation sites is 1. The van der Waals surface area contributed by atoms with Gasteiger partial charge in [-0.2, -0.15) is 0 Å². The third kappa shape index (κ3) is 3.09. The Kier molecular flexibility index (Phi) is 4.69. The molecule has 24 heavy (non-hydrogen) atoms. The predicted molar refractivity (Wildman–Crippen MR) is 102 cm³/mol. The van der Waals surface area contributed by atoms with Crippen LogP contribution in [-0.4, -0.2) is 37.0 Å². The van der Waals surface area contributed by atoms with Crippen LogP contribution < -0.4 is 4.90 Å². The summed E-state index contributed by atoms with van der Waals surface area (Å²) in [5, 5.41) is 0. The molecule has 2 aliphatic rings. The summed E-state index contributed by atoms with van der Waals surface area (Å²) >= 11 is 0. The largest absolute Gasteiger partial charge is 0.360 e. The monoisotopic (exact) mass is 330 g/mol. The van der Waals surface area contributed by atoms with Crippen LogP contribution in [0.3, 0.4) is 0 Å². The Bertz CT molecular complexity index is 562. The van der Waals surface area contributed by atoms with Gasteiger partial charge in [-0.3, -0.25) is 4.90 Å². The van der Waals surface area contributed by atoms with E-state index in [1.807, 2.05) is 0 Å². The van der Waals surface area contributed by atoms with E-state index < -0.39 is 0 Å². The average Bonchev–Trinajstić information content (AvgIpc) is 3.04. The summed E-state index contributed by atoms with van der Waals surface area (Å²) in [4.78, 5) is 5.13. The van der Waals surface area contributed by atoms with Crippen molar-refractivity contribution < 1.29 is 4.74 Å². The van der Waals surface area contributed by atoms with Crippen LogP contribution in [0.5, 0.6) is 0 Å². The number of hydrogen-bond donors (Lipinski definition) is 0. The molecule has 2 atom stereocenters. The summed E-state index contributed by atoms with van der Waals surface area (Å²) in [7, 11) is 0. The summed E-state index contributed by atoms with van der Waals surface area (Å²) in [6, 6.07) is 7.33. The van der Waals surface area contributed by atoms with Gasteiger partial charge in [-0.05, 0) is 28.4 Å². The zero-order valence-electron chi connectivity index (χ0n) is 16.5. The molecule has 0 amide bonds. The molecule has 0 N–H and O–H groups in total. The summed E-state index contributed by atoms with van der Waals surface area (Å²) < 4.78 is 6.15. The molecule has 0 spiro atoms. The first-order valence-electron chi connectivity index (χ1n) is 9.45. The molecule has 2 aliphatic heterocycles. The van der Waals surface area contributed by atoms with Crippen molar-refractivity contribution in [3.63, 3.8) is 0 Å². The fourth-order valence-corrected chi connectivity index (χ4v) is 4.17. The zero-order valence-corrected chi connectivity index (χ0v) is 16.5. The lowest BCUT2D eigenvalue weighted by Gasteiger charge is -2.34. The summed E-state index contributed by atoms with van der Waals surface area (Å²) in [5.74, 6) is 1.07. The zero-order chi connectivity index (χ0) is 17.6. The second kappa shape index (κ2) is 6.34. The molecular formula is C21H34N2O. The summed E-state index contributed by atoms with van der Waals surface area (Å²) in [6.07, 6.45) is 0.245. The van der Waals surface area contributed by atoms with Gasteiger partial charge in [0.05, 0.1) is 19.8 Å². The van der Waals surface area contributed by atoms with E-state index in [9.17, 15) is 0 Å². The van der Waals surface area contributed by atoms with Gasteiger partial charge in [-0.1, -0.05) is 66.7 Å². The standard InChI is InChI=1S/C21H34N2O/c1-14(2)16-9-8-10-17(15(3)4)20(16)22-11-19-23(13-22)18(12-24-19)21(5,6)7/h8-10,14-15,18-19H,11-13H2,1-7H3/t18-,19?/m1/s1. The molecule has 0 radical (unpaired) electrons. The van der Waals surface area contributed by atoms with E-state index in [0.717, 1.165) is 19.8 Å². The Morgan fingerprint density at radius 1 is 1.04 bits per heavy atom. The van der Waals surface area contributed by atoms with Crippen LogP contribution in [0, 0.1) is 5.41 Å². The Labute approximate surface area is 148 Å². The van der Waals surface area contributed by atoms with Crippen molar-refractivity contribution in [3.8, 4) is 0 Å². The van der Waals surface area contributed by atoms with Gasteiger partial charge in [0.25, 0.3) is 0 Å². The van der Waals surface area contributed by atoms with E-state index in [-0.39, 0.29) is 11.6 Å². The maximum absolute atomic E-state index is 6.15. The molecule has 0 aliphatic carbocycles. The quantitative estimate of drug-likeness (QED) is 0.793. The lowest BCUT2D eigenvalue weighted by Crippen LogP contribution is -2.43. The smallest absolute Gasteiger partial charge is 0.130 e. The summed E-state index contributed by atoms with van der Waals surface area (Å²) in [5.41, 5.74) is 4.64. The van der Waals surface area contributed by atoms with Gasteiger partial charge in [0.1, 0.15) is 6.23 Å².